The third-order valence-electron chi connectivity index (χ3n) is 4.81. The largest absolute Gasteiger partial charge is 0.379 e. The Kier molecular flexibility index (Phi) is 6.09. The molecule has 0 unspecified atom stereocenters. The molecule has 1 aromatic heterocycles. The molecule has 2 aliphatic rings. The minimum absolute atomic E-state index is 0.0856. The van der Waals surface area contributed by atoms with Gasteiger partial charge in [0.05, 0.1) is 19.4 Å². The second kappa shape index (κ2) is 8.48. The zero-order valence-electron chi connectivity index (χ0n) is 14.6. The molecule has 0 spiro atoms. The minimum Gasteiger partial charge on any atom is -0.379 e. The second-order valence-corrected chi connectivity index (χ2v) is 6.77. The molecule has 0 radical (unpaired) electrons. The highest BCUT2D eigenvalue weighted by Gasteiger charge is 2.30. The number of hydrogen-bond acceptors (Lipinski definition) is 4. The summed E-state index contributed by atoms with van der Waals surface area (Å²) in [5.41, 5.74) is 1.17. The normalized spacial score (nSPS) is 22.0. The van der Waals surface area contributed by atoms with Crippen molar-refractivity contribution in [1.82, 2.24) is 24.9 Å². The first-order valence-corrected chi connectivity index (χ1v) is 9.06. The van der Waals surface area contributed by atoms with Crippen molar-refractivity contribution in [3.63, 3.8) is 0 Å². The average molecular weight is 335 g/mol. The van der Waals surface area contributed by atoms with Crippen molar-refractivity contribution < 1.29 is 9.53 Å². The highest BCUT2D eigenvalue weighted by atomic mass is 16.5. The average Bonchev–Trinajstić information content (AvgIpc) is 3.21. The second-order valence-electron chi connectivity index (χ2n) is 6.77. The van der Waals surface area contributed by atoms with Gasteiger partial charge in [0.2, 0.25) is 0 Å². The summed E-state index contributed by atoms with van der Waals surface area (Å²) < 4.78 is 7.33. The predicted molar refractivity (Wildman–Crippen MR) is 92.0 cm³/mol. The SMILES string of the molecule is Cc1cnn(CCCNC(=O)N2CCC[C@H]2CN2CCOCC2)c1. The molecule has 7 heteroatoms. The van der Waals surface area contributed by atoms with E-state index in [0.717, 1.165) is 65.2 Å². The molecule has 1 N–H and O–H groups in total. The fraction of sp³-hybridized carbons (Fsp3) is 0.765. The van der Waals surface area contributed by atoms with E-state index in [0.29, 0.717) is 12.6 Å². The smallest absolute Gasteiger partial charge is 0.317 e. The maximum absolute atomic E-state index is 12.5. The van der Waals surface area contributed by atoms with Crippen LogP contribution in [0.15, 0.2) is 12.4 Å². The number of likely N-dealkylation sites (tertiary alicyclic amines) is 1. The first-order valence-electron chi connectivity index (χ1n) is 9.06. The van der Waals surface area contributed by atoms with Crippen LogP contribution < -0.4 is 5.32 Å². The van der Waals surface area contributed by atoms with Crippen LogP contribution in [0.5, 0.6) is 0 Å². The Morgan fingerprint density at radius 1 is 1.38 bits per heavy atom. The van der Waals surface area contributed by atoms with Gasteiger partial charge in [0.15, 0.2) is 0 Å². The highest BCUT2D eigenvalue weighted by Crippen LogP contribution is 2.18. The summed E-state index contributed by atoms with van der Waals surface area (Å²) in [6.45, 7) is 9.00. The number of amides is 2. The van der Waals surface area contributed by atoms with Crippen molar-refractivity contribution in [3.05, 3.63) is 18.0 Å². The van der Waals surface area contributed by atoms with E-state index in [1.165, 1.54) is 5.56 Å². The predicted octanol–water partition coefficient (Wildman–Crippen LogP) is 1.09. The molecule has 0 bridgehead atoms. The number of rotatable bonds is 6. The number of nitrogens with one attached hydrogen (secondary N) is 1. The molecule has 0 aromatic carbocycles. The summed E-state index contributed by atoms with van der Waals surface area (Å²) in [6, 6.07) is 0.430. The summed E-state index contributed by atoms with van der Waals surface area (Å²) in [5.74, 6) is 0. The van der Waals surface area contributed by atoms with Crippen LogP contribution >= 0.6 is 0 Å². The lowest BCUT2D eigenvalue weighted by Gasteiger charge is -2.32. The number of carbonyl (C=O) groups excluding carboxylic acids is 1. The van der Waals surface area contributed by atoms with E-state index >= 15 is 0 Å². The number of aromatic nitrogens is 2. The molecular formula is C17H29N5O2. The van der Waals surface area contributed by atoms with Gasteiger partial charge in [-0.05, 0) is 31.7 Å². The topological polar surface area (TPSA) is 62.6 Å². The van der Waals surface area contributed by atoms with Crippen LogP contribution in [0.1, 0.15) is 24.8 Å². The summed E-state index contributed by atoms with van der Waals surface area (Å²) in [6.07, 6.45) is 7.00. The molecule has 1 atom stereocenters. The van der Waals surface area contributed by atoms with Gasteiger partial charge in [0.1, 0.15) is 0 Å². The third kappa shape index (κ3) is 4.70. The summed E-state index contributed by atoms with van der Waals surface area (Å²) >= 11 is 0. The summed E-state index contributed by atoms with van der Waals surface area (Å²) in [4.78, 5) is 16.9. The van der Waals surface area contributed by atoms with Crippen LogP contribution in [0, 0.1) is 6.92 Å². The number of aryl methyl sites for hydroxylation is 2. The fourth-order valence-corrected chi connectivity index (χ4v) is 3.50. The Bertz CT molecular complexity index is 527. The van der Waals surface area contributed by atoms with Crippen LogP contribution in [0.3, 0.4) is 0 Å². The Morgan fingerprint density at radius 2 is 2.21 bits per heavy atom. The molecular weight excluding hydrogens is 306 g/mol. The highest BCUT2D eigenvalue weighted by molar-refractivity contribution is 5.74. The monoisotopic (exact) mass is 335 g/mol. The lowest BCUT2D eigenvalue weighted by molar-refractivity contribution is 0.0292. The van der Waals surface area contributed by atoms with Gasteiger partial charge in [-0.25, -0.2) is 4.79 Å². The van der Waals surface area contributed by atoms with Crippen LogP contribution in [-0.2, 0) is 11.3 Å². The molecule has 134 valence electrons. The zero-order valence-corrected chi connectivity index (χ0v) is 14.6. The number of nitrogens with zero attached hydrogens (tertiary/aromatic N) is 4. The fourth-order valence-electron chi connectivity index (χ4n) is 3.50. The molecule has 1 aromatic rings. The first-order chi connectivity index (χ1) is 11.7. The number of urea groups is 1. The van der Waals surface area contributed by atoms with E-state index in [9.17, 15) is 4.79 Å². The Morgan fingerprint density at radius 3 is 2.96 bits per heavy atom. The number of hydrogen-bond donors (Lipinski definition) is 1. The van der Waals surface area contributed by atoms with Gasteiger partial charge in [-0.2, -0.15) is 5.10 Å². The number of ether oxygens (including phenoxy) is 1. The third-order valence-corrected chi connectivity index (χ3v) is 4.81. The molecule has 0 saturated carbocycles. The van der Waals surface area contributed by atoms with E-state index in [1.54, 1.807) is 0 Å². The van der Waals surface area contributed by atoms with E-state index in [2.05, 4.69) is 15.3 Å². The summed E-state index contributed by atoms with van der Waals surface area (Å²) in [7, 11) is 0. The van der Waals surface area contributed by atoms with Crippen molar-refractivity contribution in [2.24, 2.45) is 0 Å². The number of carbonyl (C=O) groups is 1. The molecule has 0 aliphatic carbocycles. The van der Waals surface area contributed by atoms with Gasteiger partial charge in [-0.3, -0.25) is 9.58 Å². The molecule has 2 fully saturated rings. The van der Waals surface area contributed by atoms with Crippen molar-refractivity contribution in [3.8, 4) is 0 Å². The van der Waals surface area contributed by atoms with Crippen LogP contribution in [0.4, 0.5) is 4.79 Å². The van der Waals surface area contributed by atoms with Gasteiger partial charge in [0, 0.05) is 51.5 Å². The molecule has 3 heterocycles. The quantitative estimate of drug-likeness (QED) is 0.791. The Hall–Kier alpha value is -1.60. The van der Waals surface area contributed by atoms with Gasteiger partial charge >= 0.3 is 6.03 Å². The minimum atomic E-state index is 0.0856. The van der Waals surface area contributed by atoms with Gasteiger partial charge in [0.25, 0.3) is 0 Å². The van der Waals surface area contributed by atoms with Crippen LogP contribution in [0.2, 0.25) is 0 Å². The maximum atomic E-state index is 12.5. The maximum Gasteiger partial charge on any atom is 0.317 e. The zero-order chi connectivity index (χ0) is 16.8. The van der Waals surface area contributed by atoms with E-state index in [1.807, 2.05) is 28.9 Å². The van der Waals surface area contributed by atoms with E-state index in [4.69, 9.17) is 4.74 Å². The lowest BCUT2D eigenvalue weighted by atomic mass is 10.2. The lowest BCUT2D eigenvalue weighted by Crippen LogP contribution is -2.49. The van der Waals surface area contributed by atoms with Crippen LogP contribution in [0.25, 0.3) is 0 Å². The summed E-state index contributed by atoms with van der Waals surface area (Å²) in [5, 5.41) is 7.34. The van der Waals surface area contributed by atoms with Crippen molar-refractivity contribution >= 4 is 6.03 Å². The van der Waals surface area contributed by atoms with Crippen molar-refractivity contribution in [2.45, 2.75) is 38.8 Å². The molecule has 24 heavy (non-hydrogen) atoms. The first kappa shape index (κ1) is 17.2. The standard InChI is InChI=1S/C17H29N5O2/c1-15-12-19-21(13-15)6-3-5-18-17(23)22-7-2-4-16(22)14-20-8-10-24-11-9-20/h12-13,16H,2-11,14H2,1H3,(H,18,23)/t16-/m0/s1. The van der Waals surface area contributed by atoms with Gasteiger partial charge in [-0.15, -0.1) is 0 Å². The Balaban J connectivity index is 1.38. The number of morpholine rings is 1. The van der Waals surface area contributed by atoms with E-state index in [-0.39, 0.29) is 6.03 Å². The Labute approximate surface area is 143 Å². The molecule has 2 saturated heterocycles. The van der Waals surface area contributed by atoms with Gasteiger partial charge in [-0.1, -0.05) is 0 Å². The van der Waals surface area contributed by atoms with Crippen LogP contribution in [-0.4, -0.2) is 77.6 Å². The molecule has 7 nitrogen and oxygen atoms in total. The van der Waals surface area contributed by atoms with E-state index < -0.39 is 0 Å². The van der Waals surface area contributed by atoms with Crippen molar-refractivity contribution in [1.29, 1.82) is 0 Å². The molecule has 3 rings (SSSR count). The van der Waals surface area contributed by atoms with Crippen molar-refractivity contribution in [2.75, 3.05) is 45.9 Å². The van der Waals surface area contributed by atoms with Gasteiger partial charge < -0.3 is 15.0 Å². The molecule has 2 aliphatic heterocycles. The molecule has 2 amide bonds.